The van der Waals surface area contributed by atoms with Crippen molar-refractivity contribution in [2.24, 2.45) is 5.92 Å². The minimum Gasteiger partial charge on any atom is -0.356 e. The smallest absolute Gasteiger partial charge is 0.223 e. The number of amides is 1. The molecule has 0 saturated heterocycles. The molecule has 3 heteroatoms. The topological polar surface area (TPSA) is 34.0 Å². The average molecular weight is 270 g/mol. The van der Waals surface area contributed by atoms with Gasteiger partial charge in [-0.15, -0.1) is 0 Å². The van der Waals surface area contributed by atoms with Crippen LogP contribution in [0.4, 0.5) is 0 Å². The van der Waals surface area contributed by atoms with Crippen molar-refractivity contribution in [1.82, 2.24) is 9.88 Å². The molecule has 20 heavy (non-hydrogen) atoms. The maximum atomic E-state index is 11.9. The Hall–Kier alpha value is -1.77. The molecule has 0 spiro atoms. The summed E-state index contributed by atoms with van der Waals surface area (Å²) in [5.74, 6) is 0.544. The number of carbonyl (C=O) groups excluding carboxylic acids is 1. The summed E-state index contributed by atoms with van der Waals surface area (Å²) in [6, 6.07) is 10.6. The van der Waals surface area contributed by atoms with E-state index >= 15 is 0 Å². The van der Waals surface area contributed by atoms with Crippen LogP contribution >= 0.6 is 0 Å². The van der Waals surface area contributed by atoms with Gasteiger partial charge in [0, 0.05) is 30.7 Å². The SMILES string of the molecule is O=C(NCCCn1ccc2ccccc21)C1CCCC1. The number of nitrogens with zero attached hydrogens (tertiary/aromatic N) is 1. The van der Waals surface area contributed by atoms with Crippen LogP contribution in [0.25, 0.3) is 10.9 Å². The molecule has 1 heterocycles. The molecule has 0 bridgehead atoms. The molecule has 1 saturated carbocycles. The van der Waals surface area contributed by atoms with Crippen LogP contribution in [0.3, 0.4) is 0 Å². The summed E-state index contributed by atoms with van der Waals surface area (Å²) >= 11 is 0. The molecule has 1 aliphatic rings. The van der Waals surface area contributed by atoms with Gasteiger partial charge in [-0.2, -0.15) is 0 Å². The molecule has 0 aliphatic heterocycles. The molecular weight excluding hydrogens is 248 g/mol. The van der Waals surface area contributed by atoms with Gasteiger partial charge in [-0.25, -0.2) is 0 Å². The van der Waals surface area contributed by atoms with Crippen LogP contribution < -0.4 is 5.32 Å². The molecule has 3 rings (SSSR count). The zero-order valence-corrected chi connectivity index (χ0v) is 11.8. The first-order valence-electron chi connectivity index (χ1n) is 7.66. The van der Waals surface area contributed by atoms with Crippen molar-refractivity contribution < 1.29 is 4.79 Å². The summed E-state index contributed by atoms with van der Waals surface area (Å²) in [7, 11) is 0. The predicted molar refractivity (Wildman–Crippen MR) is 81.5 cm³/mol. The maximum absolute atomic E-state index is 11.9. The second-order valence-electron chi connectivity index (χ2n) is 5.69. The molecule has 1 amide bonds. The quantitative estimate of drug-likeness (QED) is 0.831. The first kappa shape index (κ1) is 13.2. The molecule has 0 radical (unpaired) electrons. The minimum atomic E-state index is 0.264. The predicted octanol–water partition coefficient (Wildman–Crippen LogP) is 3.34. The van der Waals surface area contributed by atoms with Crippen molar-refractivity contribution in [3.63, 3.8) is 0 Å². The highest BCUT2D eigenvalue weighted by Crippen LogP contribution is 2.24. The fourth-order valence-corrected chi connectivity index (χ4v) is 3.13. The van der Waals surface area contributed by atoms with Gasteiger partial charge in [0.15, 0.2) is 0 Å². The largest absolute Gasteiger partial charge is 0.356 e. The van der Waals surface area contributed by atoms with E-state index in [1.807, 2.05) is 0 Å². The Kier molecular flexibility index (Phi) is 4.05. The van der Waals surface area contributed by atoms with E-state index in [2.05, 4.69) is 46.4 Å². The monoisotopic (exact) mass is 270 g/mol. The maximum Gasteiger partial charge on any atom is 0.223 e. The van der Waals surface area contributed by atoms with Crippen LogP contribution in [0.15, 0.2) is 36.5 Å². The van der Waals surface area contributed by atoms with E-state index in [1.165, 1.54) is 23.7 Å². The Morgan fingerprint density at radius 1 is 1.20 bits per heavy atom. The molecule has 1 N–H and O–H groups in total. The van der Waals surface area contributed by atoms with Gasteiger partial charge in [0.1, 0.15) is 0 Å². The van der Waals surface area contributed by atoms with E-state index in [0.717, 1.165) is 32.4 Å². The summed E-state index contributed by atoms with van der Waals surface area (Å²) in [6.07, 6.45) is 7.70. The number of hydrogen-bond donors (Lipinski definition) is 1. The number of benzene rings is 1. The molecule has 1 aromatic heterocycles. The van der Waals surface area contributed by atoms with Crippen molar-refractivity contribution in [2.75, 3.05) is 6.54 Å². The highest BCUT2D eigenvalue weighted by atomic mass is 16.1. The number of nitrogens with one attached hydrogen (secondary N) is 1. The second kappa shape index (κ2) is 6.12. The van der Waals surface area contributed by atoms with Crippen LogP contribution in [0.1, 0.15) is 32.1 Å². The van der Waals surface area contributed by atoms with Gasteiger partial charge >= 0.3 is 0 Å². The lowest BCUT2D eigenvalue weighted by Gasteiger charge is -2.11. The molecule has 106 valence electrons. The fraction of sp³-hybridized carbons (Fsp3) is 0.471. The number of hydrogen-bond acceptors (Lipinski definition) is 1. The molecule has 0 atom stereocenters. The summed E-state index contributed by atoms with van der Waals surface area (Å²) in [6.45, 7) is 1.74. The molecule has 0 unspecified atom stereocenters. The first-order chi connectivity index (χ1) is 9.84. The highest BCUT2D eigenvalue weighted by molar-refractivity contribution is 5.80. The number of fused-ring (bicyclic) bond motifs is 1. The van der Waals surface area contributed by atoms with Crippen molar-refractivity contribution in [3.05, 3.63) is 36.5 Å². The number of rotatable bonds is 5. The van der Waals surface area contributed by atoms with Gasteiger partial charge in [-0.1, -0.05) is 31.0 Å². The highest BCUT2D eigenvalue weighted by Gasteiger charge is 2.21. The van der Waals surface area contributed by atoms with E-state index < -0.39 is 0 Å². The Bertz CT molecular complexity index is 581. The third-order valence-corrected chi connectivity index (χ3v) is 4.28. The minimum absolute atomic E-state index is 0.264. The van der Waals surface area contributed by atoms with Crippen LogP contribution in [0.5, 0.6) is 0 Å². The summed E-state index contributed by atoms with van der Waals surface area (Å²) in [5.41, 5.74) is 1.27. The number of aryl methyl sites for hydroxylation is 1. The number of aromatic nitrogens is 1. The third kappa shape index (κ3) is 2.87. The van der Waals surface area contributed by atoms with Crippen molar-refractivity contribution >= 4 is 16.8 Å². The van der Waals surface area contributed by atoms with Crippen molar-refractivity contribution in [2.45, 2.75) is 38.6 Å². The lowest BCUT2D eigenvalue weighted by molar-refractivity contribution is -0.124. The number of para-hydroxylation sites is 1. The van der Waals surface area contributed by atoms with Gasteiger partial charge in [0.2, 0.25) is 5.91 Å². The van der Waals surface area contributed by atoms with Gasteiger partial charge in [-0.05, 0) is 36.8 Å². The van der Waals surface area contributed by atoms with Gasteiger partial charge < -0.3 is 9.88 Å². The fourth-order valence-electron chi connectivity index (χ4n) is 3.13. The Labute approximate surface area is 120 Å². The molecular formula is C17H22N2O. The lowest BCUT2D eigenvalue weighted by atomic mass is 10.1. The third-order valence-electron chi connectivity index (χ3n) is 4.28. The molecule has 2 aromatic rings. The van der Waals surface area contributed by atoms with E-state index in [9.17, 15) is 4.79 Å². The van der Waals surface area contributed by atoms with Crippen molar-refractivity contribution in [3.8, 4) is 0 Å². The summed E-state index contributed by atoms with van der Waals surface area (Å²) in [4.78, 5) is 11.9. The lowest BCUT2D eigenvalue weighted by Crippen LogP contribution is -2.30. The van der Waals surface area contributed by atoms with E-state index in [4.69, 9.17) is 0 Å². The Morgan fingerprint density at radius 3 is 2.85 bits per heavy atom. The van der Waals surface area contributed by atoms with Crippen molar-refractivity contribution in [1.29, 1.82) is 0 Å². The molecule has 1 aliphatic carbocycles. The molecule has 3 nitrogen and oxygen atoms in total. The van der Waals surface area contributed by atoms with E-state index in [0.29, 0.717) is 0 Å². The normalized spacial score (nSPS) is 15.8. The average Bonchev–Trinajstić information content (AvgIpc) is 3.13. The summed E-state index contributed by atoms with van der Waals surface area (Å²) in [5, 5.41) is 4.36. The first-order valence-corrected chi connectivity index (χ1v) is 7.66. The summed E-state index contributed by atoms with van der Waals surface area (Å²) < 4.78 is 2.26. The van der Waals surface area contributed by atoms with E-state index in [1.54, 1.807) is 0 Å². The van der Waals surface area contributed by atoms with Gasteiger partial charge in [0.25, 0.3) is 0 Å². The zero-order chi connectivity index (χ0) is 13.8. The Balaban J connectivity index is 1.47. The van der Waals surface area contributed by atoms with Crippen LogP contribution in [-0.2, 0) is 11.3 Å². The molecule has 1 aromatic carbocycles. The van der Waals surface area contributed by atoms with Crippen LogP contribution in [0, 0.1) is 5.92 Å². The molecule has 1 fully saturated rings. The van der Waals surface area contributed by atoms with E-state index in [-0.39, 0.29) is 11.8 Å². The Morgan fingerprint density at radius 2 is 2.00 bits per heavy atom. The van der Waals surface area contributed by atoms with Crippen LogP contribution in [-0.4, -0.2) is 17.0 Å². The van der Waals surface area contributed by atoms with Crippen LogP contribution in [0.2, 0.25) is 0 Å². The standard InChI is InChI=1S/C17H22N2O/c20-17(15-7-1-2-8-15)18-11-5-12-19-13-10-14-6-3-4-9-16(14)19/h3-4,6,9-10,13,15H,1-2,5,7-8,11-12H2,(H,18,20). The second-order valence-corrected chi connectivity index (χ2v) is 5.69. The zero-order valence-electron chi connectivity index (χ0n) is 11.8. The van der Waals surface area contributed by atoms with Gasteiger partial charge in [-0.3, -0.25) is 4.79 Å². The van der Waals surface area contributed by atoms with Gasteiger partial charge in [0.05, 0.1) is 0 Å². The number of carbonyl (C=O) groups is 1.